The molecule has 146 valence electrons. The van der Waals surface area contributed by atoms with Crippen molar-refractivity contribution in [3.8, 4) is 0 Å². The third-order valence-corrected chi connectivity index (χ3v) is 5.77. The van der Waals surface area contributed by atoms with Gasteiger partial charge in [0.1, 0.15) is 5.82 Å². The summed E-state index contributed by atoms with van der Waals surface area (Å²) in [6.45, 7) is 3.01. The van der Waals surface area contributed by atoms with Gasteiger partial charge in [-0.1, -0.05) is 29.4 Å². The molecule has 1 aromatic carbocycles. The molecular formula is C18H18ClFN6OS. The average Bonchev–Trinajstić information content (AvgIpc) is 3.12. The van der Waals surface area contributed by atoms with Crippen molar-refractivity contribution in [1.82, 2.24) is 29.4 Å². The van der Waals surface area contributed by atoms with Gasteiger partial charge in [0.2, 0.25) is 11.1 Å². The lowest BCUT2D eigenvalue weighted by Crippen LogP contribution is -2.48. The number of fused-ring (bicyclic) bond motifs is 1. The fourth-order valence-electron chi connectivity index (χ4n) is 3.05. The Morgan fingerprint density at radius 2 is 2.04 bits per heavy atom. The Bertz CT molecular complexity index is 938. The van der Waals surface area contributed by atoms with Crippen molar-refractivity contribution >= 4 is 35.0 Å². The van der Waals surface area contributed by atoms with E-state index in [0.29, 0.717) is 54.2 Å². The van der Waals surface area contributed by atoms with Crippen molar-refractivity contribution in [1.29, 1.82) is 0 Å². The number of nitrogens with zero attached hydrogens (tertiary/aromatic N) is 6. The molecule has 1 saturated heterocycles. The highest BCUT2D eigenvalue weighted by Gasteiger charge is 2.23. The molecule has 2 aromatic heterocycles. The number of hydrogen-bond acceptors (Lipinski definition) is 6. The van der Waals surface area contributed by atoms with E-state index < -0.39 is 0 Å². The molecule has 0 bridgehead atoms. The van der Waals surface area contributed by atoms with Crippen LogP contribution in [-0.2, 0) is 11.3 Å². The van der Waals surface area contributed by atoms with Crippen LogP contribution in [0.25, 0.3) is 5.78 Å². The smallest absolute Gasteiger partial charge is 0.253 e. The number of amides is 1. The molecule has 0 unspecified atom stereocenters. The summed E-state index contributed by atoms with van der Waals surface area (Å²) in [6, 6.07) is 6.49. The van der Waals surface area contributed by atoms with Crippen molar-refractivity contribution in [2.24, 2.45) is 0 Å². The topological polar surface area (TPSA) is 66.6 Å². The van der Waals surface area contributed by atoms with E-state index in [9.17, 15) is 9.18 Å². The van der Waals surface area contributed by atoms with Crippen LogP contribution in [0.15, 0.2) is 41.8 Å². The van der Waals surface area contributed by atoms with Crippen LogP contribution in [0.3, 0.4) is 0 Å². The minimum Gasteiger partial charge on any atom is -0.339 e. The van der Waals surface area contributed by atoms with Crippen molar-refractivity contribution in [2.75, 3.05) is 31.9 Å². The Labute approximate surface area is 170 Å². The maximum absolute atomic E-state index is 14.0. The first-order valence-corrected chi connectivity index (χ1v) is 10.2. The fourth-order valence-corrected chi connectivity index (χ4v) is 4.00. The summed E-state index contributed by atoms with van der Waals surface area (Å²) in [6.07, 6.45) is 3.42. The molecule has 3 aromatic rings. The Balaban J connectivity index is 1.28. The summed E-state index contributed by atoms with van der Waals surface area (Å²) in [4.78, 5) is 24.8. The van der Waals surface area contributed by atoms with Crippen molar-refractivity contribution in [3.63, 3.8) is 0 Å². The van der Waals surface area contributed by atoms with Gasteiger partial charge in [0.25, 0.3) is 5.78 Å². The van der Waals surface area contributed by atoms with E-state index in [1.54, 1.807) is 35.1 Å². The Kier molecular flexibility index (Phi) is 5.74. The van der Waals surface area contributed by atoms with E-state index in [0.717, 1.165) is 0 Å². The van der Waals surface area contributed by atoms with Gasteiger partial charge >= 0.3 is 0 Å². The van der Waals surface area contributed by atoms with Crippen molar-refractivity contribution < 1.29 is 9.18 Å². The van der Waals surface area contributed by atoms with E-state index in [-0.39, 0.29) is 17.5 Å². The Morgan fingerprint density at radius 3 is 2.79 bits per heavy atom. The fraction of sp³-hybridized carbons (Fsp3) is 0.333. The summed E-state index contributed by atoms with van der Waals surface area (Å²) >= 11 is 7.41. The van der Waals surface area contributed by atoms with Crippen LogP contribution < -0.4 is 0 Å². The van der Waals surface area contributed by atoms with Gasteiger partial charge < -0.3 is 4.90 Å². The Morgan fingerprint density at radius 1 is 1.21 bits per heavy atom. The molecule has 28 heavy (non-hydrogen) atoms. The number of rotatable bonds is 5. The molecule has 0 N–H and O–H groups in total. The van der Waals surface area contributed by atoms with Gasteiger partial charge in [0.05, 0.1) is 5.75 Å². The van der Waals surface area contributed by atoms with Crippen molar-refractivity contribution in [2.45, 2.75) is 11.7 Å². The maximum Gasteiger partial charge on any atom is 0.253 e. The third-order valence-electron chi connectivity index (χ3n) is 4.59. The van der Waals surface area contributed by atoms with E-state index in [2.05, 4.69) is 20.0 Å². The first-order valence-electron chi connectivity index (χ1n) is 8.83. The number of piperazine rings is 1. The molecule has 0 spiro atoms. The number of hydrogen-bond donors (Lipinski definition) is 0. The van der Waals surface area contributed by atoms with Crippen LogP contribution in [0.5, 0.6) is 0 Å². The van der Waals surface area contributed by atoms with Crippen LogP contribution >= 0.6 is 23.4 Å². The van der Waals surface area contributed by atoms with E-state index in [1.807, 2.05) is 4.90 Å². The van der Waals surface area contributed by atoms with Gasteiger partial charge in [-0.3, -0.25) is 9.69 Å². The van der Waals surface area contributed by atoms with E-state index in [1.165, 1.54) is 17.8 Å². The second kappa shape index (κ2) is 8.42. The number of benzene rings is 1. The van der Waals surface area contributed by atoms with Gasteiger partial charge in [-0.05, 0) is 18.2 Å². The van der Waals surface area contributed by atoms with Gasteiger partial charge in [-0.15, -0.1) is 5.10 Å². The average molecular weight is 421 g/mol. The number of aromatic nitrogens is 4. The van der Waals surface area contributed by atoms with Crippen LogP contribution in [0.1, 0.15) is 5.56 Å². The number of halogens is 2. The molecule has 0 radical (unpaired) electrons. The number of carbonyl (C=O) groups excluding carboxylic acids is 1. The lowest BCUT2D eigenvalue weighted by molar-refractivity contribution is -0.130. The lowest BCUT2D eigenvalue weighted by atomic mass is 10.2. The summed E-state index contributed by atoms with van der Waals surface area (Å²) in [5, 5.41) is 5.25. The molecule has 0 atom stereocenters. The highest BCUT2D eigenvalue weighted by molar-refractivity contribution is 7.99. The molecule has 3 heterocycles. The molecule has 10 heteroatoms. The monoisotopic (exact) mass is 420 g/mol. The molecular weight excluding hydrogens is 403 g/mol. The highest BCUT2D eigenvalue weighted by Crippen LogP contribution is 2.21. The first kappa shape index (κ1) is 19.1. The maximum atomic E-state index is 14.0. The summed E-state index contributed by atoms with van der Waals surface area (Å²) in [7, 11) is 0. The SMILES string of the molecule is O=C(CSc1nc2ncccn2n1)N1CCN(Cc2c(F)cccc2Cl)CC1. The standard InChI is InChI=1S/C18H18ClFN6OS/c19-14-3-1-4-15(20)13(14)11-24-7-9-25(10-8-24)16(27)12-28-18-22-17-21-5-2-6-26(17)23-18/h1-6H,7-12H2. The molecule has 1 fully saturated rings. The second-order valence-electron chi connectivity index (χ2n) is 6.40. The summed E-state index contributed by atoms with van der Waals surface area (Å²) < 4.78 is 15.5. The molecule has 7 nitrogen and oxygen atoms in total. The van der Waals surface area contributed by atoms with Gasteiger partial charge in [0, 0.05) is 55.7 Å². The van der Waals surface area contributed by atoms with E-state index >= 15 is 0 Å². The first-order chi connectivity index (χ1) is 13.6. The summed E-state index contributed by atoms with van der Waals surface area (Å²) in [5.74, 6) is 0.533. The van der Waals surface area contributed by atoms with Gasteiger partial charge in [0.15, 0.2) is 0 Å². The molecule has 1 aliphatic heterocycles. The van der Waals surface area contributed by atoms with Gasteiger partial charge in [-0.2, -0.15) is 4.98 Å². The predicted molar refractivity (Wildman–Crippen MR) is 105 cm³/mol. The van der Waals surface area contributed by atoms with Gasteiger partial charge in [-0.25, -0.2) is 13.9 Å². The van der Waals surface area contributed by atoms with Crippen molar-refractivity contribution in [3.05, 3.63) is 53.1 Å². The molecule has 0 saturated carbocycles. The zero-order chi connectivity index (χ0) is 19.5. The minimum atomic E-state index is -0.295. The largest absolute Gasteiger partial charge is 0.339 e. The predicted octanol–water partition coefficient (Wildman–Crippen LogP) is 2.35. The molecule has 0 aliphatic carbocycles. The summed E-state index contributed by atoms with van der Waals surface area (Å²) in [5.41, 5.74) is 0.506. The van der Waals surface area contributed by atoms with Crippen LogP contribution in [0.4, 0.5) is 4.39 Å². The van der Waals surface area contributed by atoms with E-state index in [4.69, 9.17) is 11.6 Å². The molecule has 1 aliphatic rings. The van der Waals surface area contributed by atoms with Crippen LogP contribution in [0, 0.1) is 5.82 Å². The minimum absolute atomic E-state index is 0.0420. The molecule has 1 amide bonds. The molecule has 4 rings (SSSR count). The van der Waals surface area contributed by atoms with Crippen LogP contribution in [0.2, 0.25) is 5.02 Å². The zero-order valence-corrected chi connectivity index (χ0v) is 16.5. The number of carbonyl (C=O) groups is 1. The second-order valence-corrected chi connectivity index (χ2v) is 7.75. The lowest BCUT2D eigenvalue weighted by Gasteiger charge is -2.34. The number of thioether (sulfide) groups is 1. The quantitative estimate of drug-likeness (QED) is 0.590. The Hall–Kier alpha value is -2.23. The zero-order valence-electron chi connectivity index (χ0n) is 15.0. The van der Waals surface area contributed by atoms with Crippen LogP contribution in [-0.4, -0.2) is 67.2 Å². The normalized spacial score (nSPS) is 15.3. The highest BCUT2D eigenvalue weighted by atomic mass is 35.5. The third kappa shape index (κ3) is 4.26.